The van der Waals surface area contributed by atoms with Gasteiger partial charge in [-0.3, -0.25) is 0 Å². The van der Waals surface area contributed by atoms with Crippen LogP contribution < -0.4 is 0 Å². The van der Waals surface area contributed by atoms with Crippen LogP contribution >= 0.6 is 0 Å². The molecule has 2 aliphatic rings. The molecule has 2 fully saturated rings. The Morgan fingerprint density at radius 1 is 1.06 bits per heavy atom. The number of hydrogen-bond donors (Lipinski definition) is 0. The smallest absolute Gasteiger partial charge is 0.0622 e. The molecule has 94 valence electrons. The van der Waals surface area contributed by atoms with Crippen molar-refractivity contribution in [3.05, 3.63) is 0 Å². The van der Waals surface area contributed by atoms with E-state index in [0.29, 0.717) is 12.2 Å². The fraction of sp³-hybridized carbons (Fsp3) is 1.00. The van der Waals surface area contributed by atoms with Crippen LogP contribution in [0.5, 0.6) is 0 Å². The molecule has 0 spiro atoms. The maximum atomic E-state index is 6.11. The maximum absolute atomic E-state index is 6.11. The average Bonchev–Trinajstić information content (AvgIpc) is 2.31. The first-order chi connectivity index (χ1) is 7.84. The van der Waals surface area contributed by atoms with Crippen LogP contribution in [0.2, 0.25) is 0 Å². The van der Waals surface area contributed by atoms with Crippen LogP contribution in [0.3, 0.4) is 0 Å². The standard InChI is InChI=1S/C14H26O2/c1-12(11-13-5-3-2-4-6-13)16-14-7-9-15-10-8-14/h12-14H,2-11H2,1H3. The zero-order chi connectivity index (χ0) is 11.2. The predicted octanol–water partition coefficient (Wildman–Crippen LogP) is 3.54. The summed E-state index contributed by atoms with van der Waals surface area (Å²) in [5, 5.41) is 0. The zero-order valence-electron chi connectivity index (χ0n) is 10.6. The van der Waals surface area contributed by atoms with E-state index in [1.807, 2.05) is 0 Å². The molecule has 0 radical (unpaired) electrons. The van der Waals surface area contributed by atoms with Gasteiger partial charge in [0.05, 0.1) is 12.2 Å². The predicted molar refractivity (Wildman–Crippen MR) is 65.6 cm³/mol. The summed E-state index contributed by atoms with van der Waals surface area (Å²) in [6.07, 6.45) is 11.6. The van der Waals surface area contributed by atoms with Gasteiger partial charge in [-0.05, 0) is 32.1 Å². The monoisotopic (exact) mass is 226 g/mol. The second-order valence-electron chi connectivity index (χ2n) is 5.50. The molecule has 0 bridgehead atoms. The molecule has 1 saturated heterocycles. The molecule has 1 atom stereocenters. The van der Waals surface area contributed by atoms with E-state index in [9.17, 15) is 0 Å². The highest BCUT2D eigenvalue weighted by Gasteiger charge is 2.20. The molecule has 0 aromatic rings. The molecule has 1 heterocycles. The first kappa shape index (κ1) is 12.4. The molecule has 0 aromatic heterocycles. The molecule has 2 nitrogen and oxygen atoms in total. The number of hydrogen-bond acceptors (Lipinski definition) is 2. The van der Waals surface area contributed by atoms with Gasteiger partial charge in [-0.15, -0.1) is 0 Å². The highest BCUT2D eigenvalue weighted by Crippen LogP contribution is 2.28. The summed E-state index contributed by atoms with van der Waals surface area (Å²) in [6, 6.07) is 0. The van der Waals surface area contributed by atoms with Crippen LogP contribution in [0, 0.1) is 5.92 Å². The van der Waals surface area contributed by atoms with Crippen molar-refractivity contribution in [3.63, 3.8) is 0 Å². The summed E-state index contributed by atoms with van der Waals surface area (Å²) in [4.78, 5) is 0. The molecule has 1 aliphatic carbocycles. The van der Waals surface area contributed by atoms with Crippen LogP contribution in [0.15, 0.2) is 0 Å². The van der Waals surface area contributed by atoms with Crippen molar-refractivity contribution in [2.45, 2.75) is 70.5 Å². The summed E-state index contributed by atoms with van der Waals surface area (Å²) in [7, 11) is 0. The Balaban J connectivity index is 1.64. The average molecular weight is 226 g/mol. The van der Waals surface area contributed by atoms with Gasteiger partial charge in [-0.25, -0.2) is 0 Å². The Hall–Kier alpha value is -0.0800. The topological polar surface area (TPSA) is 18.5 Å². The van der Waals surface area contributed by atoms with Crippen LogP contribution in [-0.4, -0.2) is 25.4 Å². The molecular formula is C14H26O2. The molecule has 2 rings (SSSR count). The molecule has 1 unspecified atom stereocenters. The van der Waals surface area contributed by atoms with Gasteiger partial charge >= 0.3 is 0 Å². The Bertz CT molecular complexity index is 161. The van der Waals surface area contributed by atoms with Gasteiger partial charge in [0.25, 0.3) is 0 Å². The lowest BCUT2D eigenvalue weighted by atomic mass is 9.85. The van der Waals surface area contributed by atoms with Crippen molar-refractivity contribution in [1.29, 1.82) is 0 Å². The van der Waals surface area contributed by atoms with E-state index in [-0.39, 0.29) is 0 Å². The van der Waals surface area contributed by atoms with Gasteiger partial charge in [0.15, 0.2) is 0 Å². The second kappa shape index (κ2) is 6.61. The van der Waals surface area contributed by atoms with Gasteiger partial charge in [0.1, 0.15) is 0 Å². The Labute approximate surface area is 99.7 Å². The lowest BCUT2D eigenvalue weighted by molar-refractivity contribution is -0.0694. The van der Waals surface area contributed by atoms with E-state index in [0.717, 1.165) is 32.0 Å². The third kappa shape index (κ3) is 4.06. The van der Waals surface area contributed by atoms with Crippen molar-refractivity contribution in [2.75, 3.05) is 13.2 Å². The van der Waals surface area contributed by atoms with E-state index in [1.165, 1.54) is 38.5 Å². The van der Waals surface area contributed by atoms with E-state index in [2.05, 4.69) is 6.92 Å². The summed E-state index contributed by atoms with van der Waals surface area (Å²) in [5.74, 6) is 0.934. The molecule has 0 aromatic carbocycles. The quantitative estimate of drug-likeness (QED) is 0.730. The van der Waals surface area contributed by atoms with Gasteiger partial charge in [0, 0.05) is 13.2 Å². The van der Waals surface area contributed by atoms with Gasteiger partial charge in [-0.2, -0.15) is 0 Å². The molecular weight excluding hydrogens is 200 g/mol. The largest absolute Gasteiger partial charge is 0.381 e. The van der Waals surface area contributed by atoms with Crippen LogP contribution in [-0.2, 0) is 9.47 Å². The van der Waals surface area contributed by atoms with Crippen molar-refractivity contribution >= 4 is 0 Å². The lowest BCUT2D eigenvalue weighted by Crippen LogP contribution is -2.28. The fourth-order valence-corrected chi connectivity index (χ4v) is 3.09. The molecule has 0 N–H and O–H groups in total. The van der Waals surface area contributed by atoms with Crippen LogP contribution in [0.25, 0.3) is 0 Å². The van der Waals surface area contributed by atoms with Crippen LogP contribution in [0.1, 0.15) is 58.3 Å². The number of ether oxygens (including phenoxy) is 2. The first-order valence-corrected chi connectivity index (χ1v) is 7.08. The molecule has 1 aliphatic heterocycles. The van der Waals surface area contributed by atoms with Crippen LogP contribution in [0.4, 0.5) is 0 Å². The van der Waals surface area contributed by atoms with Crippen molar-refractivity contribution < 1.29 is 9.47 Å². The van der Waals surface area contributed by atoms with Gasteiger partial charge in [-0.1, -0.05) is 32.1 Å². The van der Waals surface area contributed by atoms with Crippen molar-refractivity contribution in [1.82, 2.24) is 0 Å². The summed E-state index contributed by atoms with van der Waals surface area (Å²) >= 11 is 0. The third-order valence-corrected chi connectivity index (χ3v) is 3.98. The molecule has 16 heavy (non-hydrogen) atoms. The Morgan fingerprint density at radius 2 is 1.75 bits per heavy atom. The Kier molecular flexibility index (Phi) is 5.11. The minimum Gasteiger partial charge on any atom is -0.381 e. The highest BCUT2D eigenvalue weighted by atomic mass is 16.5. The minimum atomic E-state index is 0.450. The van der Waals surface area contributed by atoms with Crippen molar-refractivity contribution in [3.8, 4) is 0 Å². The van der Waals surface area contributed by atoms with E-state index < -0.39 is 0 Å². The third-order valence-electron chi connectivity index (χ3n) is 3.98. The summed E-state index contributed by atoms with van der Waals surface area (Å²) in [6.45, 7) is 4.03. The summed E-state index contributed by atoms with van der Waals surface area (Å²) in [5.41, 5.74) is 0. The normalized spacial score (nSPS) is 26.8. The number of rotatable bonds is 4. The molecule has 1 saturated carbocycles. The lowest BCUT2D eigenvalue weighted by Gasteiger charge is -2.29. The Morgan fingerprint density at radius 3 is 2.44 bits per heavy atom. The van der Waals surface area contributed by atoms with E-state index in [1.54, 1.807) is 0 Å². The highest BCUT2D eigenvalue weighted by molar-refractivity contribution is 4.71. The van der Waals surface area contributed by atoms with E-state index in [4.69, 9.17) is 9.47 Å². The minimum absolute atomic E-state index is 0.450. The first-order valence-electron chi connectivity index (χ1n) is 7.08. The SMILES string of the molecule is CC(CC1CCCCC1)OC1CCOCC1. The van der Waals surface area contributed by atoms with Gasteiger partial charge in [0.2, 0.25) is 0 Å². The van der Waals surface area contributed by atoms with Gasteiger partial charge < -0.3 is 9.47 Å². The summed E-state index contributed by atoms with van der Waals surface area (Å²) < 4.78 is 11.5. The fourth-order valence-electron chi connectivity index (χ4n) is 3.09. The molecule has 0 amide bonds. The zero-order valence-corrected chi connectivity index (χ0v) is 10.6. The maximum Gasteiger partial charge on any atom is 0.0622 e. The van der Waals surface area contributed by atoms with E-state index >= 15 is 0 Å². The van der Waals surface area contributed by atoms with Crippen molar-refractivity contribution in [2.24, 2.45) is 5.92 Å². The second-order valence-corrected chi connectivity index (χ2v) is 5.50. The molecule has 2 heteroatoms.